The highest BCUT2D eigenvalue weighted by Crippen LogP contribution is 2.52. The van der Waals surface area contributed by atoms with Gasteiger partial charge in [0.2, 0.25) is 17.7 Å². The van der Waals surface area contributed by atoms with Crippen LogP contribution in [0.15, 0.2) is 0 Å². The molecular formula is C24H36N4O7. The number of ether oxygens (including phenoxy) is 1. The van der Waals surface area contributed by atoms with Gasteiger partial charge in [-0.3, -0.25) is 19.2 Å². The molecule has 2 rings (SSSR count). The fraction of sp³-hybridized carbons (Fsp3) is 0.708. The van der Waals surface area contributed by atoms with Crippen LogP contribution in [0.2, 0.25) is 0 Å². The highest BCUT2D eigenvalue weighted by atomic mass is 16.5. The lowest BCUT2D eigenvalue weighted by Crippen LogP contribution is -2.54. The average Bonchev–Trinajstić information content (AvgIpc) is 3.41. The molecule has 2 aliphatic carbocycles. The molecule has 194 valence electrons. The van der Waals surface area contributed by atoms with Crippen molar-refractivity contribution in [1.82, 2.24) is 16.0 Å². The SMILES string of the molecule is CC(C)C[C@H](NC(=O)OCC1[C@H]2CCC#CCC[C@@H]12)C(=O)N[C@@H](CCC(N)=O)C(=O)NCC(=O)O. The number of aliphatic carboxylic acids is 1. The summed E-state index contributed by atoms with van der Waals surface area (Å²) >= 11 is 0. The third kappa shape index (κ3) is 9.84. The molecule has 11 heteroatoms. The van der Waals surface area contributed by atoms with E-state index in [9.17, 15) is 24.0 Å². The molecule has 0 heterocycles. The Balaban J connectivity index is 1.93. The third-order valence-corrected chi connectivity index (χ3v) is 6.29. The second-order valence-corrected chi connectivity index (χ2v) is 9.53. The Hall–Kier alpha value is -3.29. The Morgan fingerprint density at radius 1 is 1.00 bits per heavy atom. The number of amides is 4. The van der Waals surface area contributed by atoms with Gasteiger partial charge in [-0.2, -0.15) is 0 Å². The zero-order valence-electron chi connectivity index (χ0n) is 20.3. The highest BCUT2D eigenvalue weighted by molar-refractivity contribution is 5.92. The normalized spacial score (nSPS) is 22.1. The topological polar surface area (TPSA) is 177 Å². The smallest absolute Gasteiger partial charge is 0.407 e. The van der Waals surface area contributed by atoms with Crippen LogP contribution in [0.4, 0.5) is 4.79 Å². The number of nitrogens with two attached hydrogens (primary N) is 1. The molecule has 2 aliphatic rings. The number of fused-ring (bicyclic) bond motifs is 1. The van der Waals surface area contributed by atoms with E-state index in [4.69, 9.17) is 15.6 Å². The number of rotatable bonds is 13. The molecule has 0 aromatic heterocycles. The van der Waals surface area contributed by atoms with Gasteiger partial charge in [0.1, 0.15) is 18.6 Å². The van der Waals surface area contributed by atoms with Crippen molar-refractivity contribution in [3.8, 4) is 11.8 Å². The van der Waals surface area contributed by atoms with Gasteiger partial charge in [0.25, 0.3) is 0 Å². The summed E-state index contributed by atoms with van der Waals surface area (Å²) in [6.07, 6.45) is 2.99. The molecule has 6 N–H and O–H groups in total. The van der Waals surface area contributed by atoms with Gasteiger partial charge in [0, 0.05) is 19.3 Å². The van der Waals surface area contributed by atoms with Gasteiger partial charge in [0.15, 0.2) is 0 Å². The van der Waals surface area contributed by atoms with Crippen molar-refractivity contribution in [3.63, 3.8) is 0 Å². The van der Waals surface area contributed by atoms with Crippen LogP contribution >= 0.6 is 0 Å². The Labute approximate surface area is 205 Å². The third-order valence-electron chi connectivity index (χ3n) is 6.29. The zero-order chi connectivity index (χ0) is 26.0. The summed E-state index contributed by atoms with van der Waals surface area (Å²) in [5, 5.41) is 16.0. The van der Waals surface area contributed by atoms with Gasteiger partial charge in [-0.05, 0) is 49.4 Å². The van der Waals surface area contributed by atoms with E-state index >= 15 is 0 Å². The van der Waals surface area contributed by atoms with Crippen molar-refractivity contribution in [3.05, 3.63) is 0 Å². The highest BCUT2D eigenvalue weighted by Gasteiger charge is 2.49. The summed E-state index contributed by atoms with van der Waals surface area (Å²) in [5.41, 5.74) is 5.15. The van der Waals surface area contributed by atoms with Crippen molar-refractivity contribution < 1.29 is 33.8 Å². The Bertz CT molecular complexity index is 846. The van der Waals surface area contributed by atoms with Gasteiger partial charge in [-0.15, -0.1) is 11.8 Å². The molecule has 0 aromatic rings. The molecule has 0 bridgehead atoms. The molecule has 0 spiro atoms. The van der Waals surface area contributed by atoms with Gasteiger partial charge < -0.3 is 31.5 Å². The number of primary amides is 1. The first-order valence-corrected chi connectivity index (χ1v) is 12.1. The lowest BCUT2D eigenvalue weighted by atomic mass is 10.0. The fourth-order valence-corrected chi connectivity index (χ4v) is 4.45. The number of carboxylic acid groups (broad SMARTS) is 1. The summed E-state index contributed by atoms with van der Waals surface area (Å²) in [5.74, 6) is 4.32. The number of hydrogen-bond donors (Lipinski definition) is 5. The van der Waals surface area contributed by atoms with E-state index in [0.717, 1.165) is 25.7 Å². The Kier molecular flexibility index (Phi) is 10.8. The van der Waals surface area contributed by atoms with E-state index in [1.807, 2.05) is 13.8 Å². The maximum atomic E-state index is 12.9. The molecule has 35 heavy (non-hydrogen) atoms. The van der Waals surface area contributed by atoms with Gasteiger partial charge in [-0.1, -0.05) is 13.8 Å². The largest absolute Gasteiger partial charge is 0.480 e. The number of alkyl carbamates (subject to hydrolysis) is 1. The van der Waals surface area contributed by atoms with E-state index in [1.165, 1.54) is 0 Å². The Morgan fingerprint density at radius 3 is 2.17 bits per heavy atom. The lowest BCUT2D eigenvalue weighted by Gasteiger charge is -2.23. The summed E-state index contributed by atoms with van der Waals surface area (Å²) in [4.78, 5) is 59.7. The number of hydrogen-bond acceptors (Lipinski definition) is 6. The van der Waals surface area contributed by atoms with Crippen molar-refractivity contribution in [2.45, 2.75) is 70.9 Å². The molecule has 5 atom stereocenters. The summed E-state index contributed by atoms with van der Waals surface area (Å²) < 4.78 is 5.42. The second kappa shape index (κ2) is 13.6. The predicted molar refractivity (Wildman–Crippen MR) is 125 cm³/mol. The van der Waals surface area contributed by atoms with Gasteiger partial charge in [-0.25, -0.2) is 4.79 Å². The zero-order valence-corrected chi connectivity index (χ0v) is 20.3. The number of carbonyl (C=O) groups is 5. The van der Waals surface area contributed by atoms with Crippen LogP contribution < -0.4 is 21.7 Å². The van der Waals surface area contributed by atoms with Crippen molar-refractivity contribution in [1.29, 1.82) is 0 Å². The molecule has 0 aromatic carbocycles. The monoisotopic (exact) mass is 492 g/mol. The summed E-state index contributed by atoms with van der Waals surface area (Å²) in [6.45, 7) is 3.38. The van der Waals surface area contributed by atoms with E-state index in [2.05, 4.69) is 27.8 Å². The van der Waals surface area contributed by atoms with Crippen LogP contribution in [-0.4, -0.2) is 60.1 Å². The minimum Gasteiger partial charge on any atom is -0.480 e. The first kappa shape index (κ1) is 28.0. The quantitative estimate of drug-likeness (QED) is 0.233. The maximum absolute atomic E-state index is 12.9. The van der Waals surface area contributed by atoms with E-state index in [1.54, 1.807) is 0 Å². The first-order valence-electron chi connectivity index (χ1n) is 12.1. The minimum atomic E-state index is -1.25. The summed E-state index contributed by atoms with van der Waals surface area (Å²) in [7, 11) is 0. The molecular weight excluding hydrogens is 456 g/mol. The molecule has 4 amide bonds. The fourth-order valence-electron chi connectivity index (χ4n) is 4.45. The van der Waals surface area contributed by atoms with Crippen molar-refractivity contribution >= 4 is 29.8 Å². The van der Waals surface area contributed by atoms with Crippen LogP contribution in [0.5, 0.6) is 0 Å². The molecule has 1 fully saturated rings. The minimum absolute atomic E-state index is 0.0368. The van der Waals surface area contributed by atoms with Crippen LogP contribution in [-0.2, 0) is 23.9 Å². The van der Waals surface area contributed by atoms with E-state index in [0.29, 0.717) is 17.8 Å². The van der Waals surface area contributed by atoms with Crippen LogP contribution in [0.3, 0.4) is 0 Å². The summed E-state index contributed by atoms with van der Waals surface area (Å²) in [6, 6.07) is -2.17. The van der Waals surface area contributed by atoms with E-state index in [-0.39, 0.29) is 31.8 Å². The number of carbonyl (C=O) groups excluding carboxylic acids is 4. The molecule has 0 radical (unpaired) electrons. The van der Waals surface area contributed by atoms with Crippen LogP contribution in [0, 0.1) is 35.5 Å². The number of carboxylic acids is 1. The van der Waals surface area contributed by atoms with Crippen LogP contribution in [0.1, 0.15) is 58.8 Å². The van der Waals surface area contributed by atoms with Crippen LogP contribution in [0.25, 0.3) is 0 Å². The Morgan fingerprint density at radius 2 is 1.63 bits per heavy atom. The van der Waals surface area contributed by atoms with Gasteiger partial charge >= 0.3 is 12.1 Å². The molecule has 0 aliphatic heterocycles. The molecule has 1 unspecified atom stereocenters. The first-order chi connectivity index (χ1) is 16.6. The predicted octanol–water partition coefficient (Wildman–Crippen LogP) is 0.518. The van der Waals surface area contributed by atoms with E-state index < -0.39 is 48.4 Å². The standard InChI is InChI=1S/C24H36N4O7/c1-14(2)11-19(23(33)27-18(9-10-20(25)29)22(32)26-12-21(30)31)28-24(34)35-13-17-15-7-5-3-4-6-8-16(15)17/h14-19H,5-13H2,1-2H3,(H2,25,29)(H,26,32)(H,27,33)(H,28,34)(H,30,31)/t15-,16+,17?,18-,19-/m0/s1. The lowest BCUT2D eigenvalue weighted by molar-refractivity contribution is -0.138. The maximum Gasteiger partial charge on any atom is 0.407 e. The molecule has 11 nitrogen and oxygen atoms in total. The van der Waals surface area contributed by atoms with Crippen molar-refractivity contribution in [2.75, 3.05) is 13.2 Å². The van der Waals surface area contributed by atoms with Crippen molar-refractivity contribution in [2.24, 2.45) is 29.4 Å². The second-order valence-electron chi connectivity index (χ2n) is 9.53. The molecule has 0 saturated heterocycles. The van der Waals surface area contributed by atoms with Gasteiger partial charge in [0.05, 0.1) is 6.61 Å². The molecule has 1 saturated carbocycles. The number of nitrogens with one attached hydrogen (secondary N) is 3. The average molecular weight is 493 g/mol.